The maximum atomic E-state index is 12.3. The van der Waals surface area contributed by atoms with Crippen LogP contribution in [-0.4, -0.2) is 18.0 Å². The van der Waals surface area contributed by atoms with Crippen LogP contribution in [0.25, 0.3) is 0 Å². The molecule has 2 aromatic rings. The van der Waals surface area contributed by atoms with Gasteiger partial charge in [0, 0.05) is 22.3 Å². The third-order valence-electron chi connectivity index (χ3n) is 3.45. The topological polar surface area (TPSA) is 70.2 Å². The lowest BCUT2D eigenvalue weighted by atomic mass is 10.2. The second kappa shape index (κ2) is 7.97. The lowest BCUT2D eigenvalue weighted by molar-refractivity contribution is 0.103. The van der Waals surface area contributed by atoms with Crippen LogP contribution in [-0.2, 0) is 6.42 Å². The van der Waals surface area contributed by atoms with Crippen LogP contribution in [0.5, 0.6) is 0 Å². The molecule has 24 heavy (non-hydrogen) atoms. The van der Waals surface area contributed by atoms with E-state index in [-0.39, 0.29) is 18.0 Å². The molecule has 0 aliphatic rings. The fourth-order valence-electron chi connectivity index (χ4n) is 2.24. The molecule has 0 bridgehead atoms. The first-order valence-corrected chi connectivity index (χ1v) is 8.79. The van der Waals surface area contributed by atoms with Gasteiger partial charge in [0.1, 0.15) is 0 Å². The van der Waals surface area contributed by atoms with Gasteiger partial charge in [0.05, 0.1) is 4.88 Å². The van der Waals surface area contributed by atoms with Crippen LogP contribution in [0.15, 0.2) is 30.3 Å². The summed E-state index contributed by atoms with van der Waals surface area (Å²) in [7, 11) is 0. The van der Waals surface area contributed by atoms with Crippen molar-refractivity contribution in [3.63, 3.8) is 0 Å². The SMILES string of the molecule is CCc1cc(C(=O)Nc2ccc(NC(=O)NC(C)C)cc2)sc1C. The molecule has 0 aliphatic carbocycles. The Bertz CT molecular complexity index is 720. The van der Waals surface area contributed by atoms with Crippen LogP contribution in [0.3, 0.4) is 0 Å². The summed E-state index contributed by atoms with van der Waals surface area (Å²) >= 11 is 1.51. The van der Waals surface area contributed by atoms with E-state index in [2.05, 4.69) is 22.9 Å². The molecule has 0 radical (unpaired) electrons. The number of urea groups is 1. The number of thiophene rings is 1. The van der Waals surface area contributed by atoms with E-state index in [9.17, 15) is 9.59 Å². The largest absolute Gasteiger partial charge is 0.336 e. The van der Waals surface area contributed by atoms with E-state index in [0.717, 1.165) is 6.42 Å². The first-order chi connectivity index (χ1) is 11.4. The standard InChI is InChI=1S/C18H23N3O2S/c1-5-13-10-16(24-12(13)4)17(22)20-14-6-8-15(9-7-14)21-18(23)19-11(2)3/h6-11H,5H2,1-4H3,(H,20,22)(H2,19,21,23). The predicted octanol–water partition coefficient (Wildman–Crippen LogP) is 4.40. The third kappa shape index (κ3) is 4.83. The summed E-state index contributed by atoms with van der Waals surface area (Å²) in [5.41, 5.74) is 2.58. The van der Waals surface area contributed by atoms with E-state index in [4.69, 9.17) is 0 Å². The van der Waals surface area contributed by atoms with Crippen molar-refractivity contribution in [2.45, 2.75) is 40.2 Å². The highest BCUT2D eigenvalue weighted by Gasteiger charge is 2.12. The van der Waals surface area contributed by atoms with Crippen molar-refractivity contribution >= 4 is 34.6 Å². The van der Waals surface area contributed by atoms with Gasteiger partial charge in [-0.2, -0.15) is 0 Å². The van der Waals surface area contributed by atoms with E-state index >= 15 is 0 Å². The predicted molar refractivity (Wildman–Crippen MR) is 100 cm³/mol. The van der Waals surface area contributed by atoms with Crippen molar-refractivity contribution in [2.75, 3.05) is 10.6 Å². The summed E-state index contributed by atoms with van der Waals surface area (Å²) < 4.78 is 0. The minimum absolute atomic E-state index is 0.0748. The van der Waals surface area contributed by atoms with Gasteiger partial charge in [-0.15, -0.1) is 11.3 Å². The van der Waals surface area contributed by atoms with Crippen molar-refractivity contribution < 1.29 is 9.59 Å². The van der Waals surface area contributed by atoms with Gasteiger partial charge in [0.15, 0.2) is 0 Å². The molecule has 0 saturated carbocycles. The zero-order valence-corrected chi connectivity index (χ0v) is 15.2. The number of benzene rings is 1. The minimum atomic E-state index is -0.247. The second-order valence-electron chi connectivity index (χ2n) is 5.83. The summed E-state index contributed by atoms with van der Waals surface area (Å²) in [6.07, 6.45) is 0.925. The number of anilines is 2. The van der Waals surface area contributed by atoms with Gasteiger partial charge in [0.2, 0.25) is 0 Å². The van der Waals surface area contributed by atoms with Crippen molar-refractivity contribution in [1.29, 1.82) is 0 Å². The van der Waals surface area contributed by atoms with Crippen molar-refractivity contribution in [1.82, 2.24) is 5.32 Å². The number of nitrogens with one attached hydrogen (secondary N) is 3. The molecule has 3 N–H and O–H groups in total. The summed E-state index contributed by atoms with van der Waals surface area (Å²) in [6, 6.07) is 8.82. The normalized spacial score (nSPS) is 10.5. The van der Waals surface area contributed by atoms with E-state index in [1.54, 1.807) is 24.3 Å². The Kier molecular flexibility index (Phi) is 5.98. The Morgan fingerprint density at radius 1 is 1.08 bits per heavy atom. The molecule has 2 rings (SSSR count). The van der Waals surface area contributed by atoms with Gasteiger partial charge in [-0.25, -0.2) is 4.79 Å². The number of carbonyl (C=O) groups is 2. The maximum Gasteiger partial charge on any atom is 0.319 e. The molecule has 1 aromatic heterocycles. The molecular formula is C18H23N3O2S. The van der Waals surface area contributed by atoms with Crippen LogP contribution in [0, 0.1) is 6.92 Å². The molecule has 3 amide bonds. The molecule has 0 spiro atoms. The van der Waals surface area contributed by atoms with Crippen LogP contribution in [0.4, 0.5) is 16.2 Å². The second-order valence-corrected chi connectivity index (χ2v) is 7.09. The van der Waals surface area contributed by atoms with Gasteiger partial charge in [-0.05, 0) is 63.1 Å². The molecule has 6 heteroatoms. The van der Waals surface area contributed by atoms with Crippen molar-refractivity contribution in [3.05, 3.63) is 45.6 Å². The van der Waals surface area contributed by atoms with Crippen LogP contribution in [0.2, 0.25) is 0 Å². The summed E-state index contributed by atoms with van der Waals surface area (Å²) in [5, 5.41) is 8.38. The average molecular weight is 345 g/mol. The maximum absolute atomic E-state index is 12.3. The number of aryl methyl sites for hydroxylation is 2. The molecule has 1 heterocycles. The molecular weight excluding hydrogens is 322 g/mol. The van der Waals surface area contributed by atoms with Gasteiger partial charge in [0.25, 0.3) is 5.91 Å². The molecule has 1 aromatic carbocycles. The highest BCUT2D eigenvalue weighted by molar-refractivity contribution is 7.14. The van der Waals surface area contributed by atoms with E-state index < -0.39 is 0 Å². The number of carbonyl (C=O) groups excluding carboxylic acids is 2. The zero-order chi connectivity index (χ0) is 17.7. The molecule has 0 saturated heterocycles. The molecule has 0 fully saturated rings. The van der Waals surface area contributed by atoms with Gasteiger partial charge < -0.3 is 16.0 Å². The molecule has 0 atom stereocenters. The van der Waals surface area contributed by atoms with E-state index in [0.29, 0.717) is 16.3 Å². The zero-order valence-electron chi connectivity index (χ0n) is 14.4. The quantitative estimate of drug-likeness (QED) is 0.751. The first kappa shape index (κ1) is 18.0. The van der Waals surface area contributed by atoms with Crippen molar-refractivity contribution in [2.24, 2.45) is 0 Å². The lowest BCUT2D eigenvalue weighted by Gasteiger charge is -2.10. The highest BCUT2D eigenvalue weighted by Crippen LogP contribution is 2.23. The van der Waals surface area contributed by atoms with Crippen molar-refractivity contribution in [3.8, 4) is 0 Å². The summed E-state index contributed by atoms with van der Waals surface area (Å²) in [6.45, 7) is 7.91. The smallest absolute Gasteiger partial charge is 0.319 e. The Labute approximate surface area is 146 Å². The van der Waals surface area contributed by atoms with Crippen LogP contribution >= 0.6 is 11.3 Å². The fraction of sp³-hybridized carbons (Fsp3) is 0.333. The third-order valence-corrected chi connectivity index (χ3v) is 4.54. The molecule has 0 aliphatic heterocycles. The molecule has 128 valence electrons. The Balaban J connectivity index is 1.98. The lowest BCUT2D eigenvalue weighted by Crippen LogP contribution is -2.34. The average Bonchev–Trinajstić information content (AvgIpc) is 2.89. The number of amides is 3. The molecule has 0 unspecified atom stereocenters. The monoisotopic (exact) mass is 345 g/mol. The minimum Gasteiger partial charge on any atom is -0.336 e. The van der Waals surface area contributed by atoms with Crippen LogP contribution in [0.1, 0.15) is 40.9 Å². The Morgan fingerprint density at radius 3 is 2.17 bits per heavy atom. The van der Waals surface area contributed by atoms with E-state index in [1.807, 2.05) is 26.8 Å². The Hall–Kier alpha value is -2.34. The number of hydrogen-bond acceptors (Lipinski definition) is 3. The summed E-state index contributed by atoms with van der Waals surface area (Å²) in [4.78, 5) is 25.8. The summed E-state index contributed by atoms with van der Waals surface area (Å²) in [5.74, 6) is -0.110. The number of rotatable bonds is 5. The highest BCUT2D eigenvalue weighted by atomic mass is 32.1. The van der Waals surface area contributed by atoms with Gasteiger partial charge in [-0.3, -0.25) is 4.79 Å². The van der Waals surface area contributed by atoms with E-state index in [1.165, 1.54) is 21.8 Å². The Morgan fingerprint density at radius 2 is 1.67 bits per heavy atom. The molecule has 5 nitrogen and oxygen atoms in total. The number of hydrogen-bond donors (Lipinski definition) is 3. The van der Waals surface area contributed by atoms with Crippen LogP contribution < -0.4 is 16.0 Å². The first-order valence-electron chi connectivity index (χ1n) is 7.97. The van der Waals surface area contributed by atoms with Gasteiger partial charge >= 0.3 is 6.03 Å². The van der Waals surface area contributed by atoms with Gasteiger partial charge in [-0.1, -0.05) is 6.92 Å². The fourth-order valence-corrected chi connectivity index (χ4v) is 3.25.